The zero-order valence-corrected chi connectivity index (χ0v) is 6.65. The largest absolute Gasteiger partial charge is 0.314 e. The lowest BCUT2D eigenvalue weighted by Crippen LogP contribution is -2.41. The molecule has 1 saturated heterocycles. The molecule has 0 spiro atoms. The standard InChI is InChI=1S/C8H17N/c1-6-4-5-9-8(3)7(6)2/h6-9H,4-5H2,1-3H3/t6-,7+,8-/m1/s1. The predicted octanol–water partition coefficient (Wildman–Crippen LogP) is 1.64. The molecule has 0 saturated carbocycles. The quantitative estimate of drug-likeness (QED) is 0.521. The maximum absolute atomic E-state index is 3.46. The molecule has 9 heavy (non-hydrogen) atoms. The summed E-state index contributed by atoms with van der Waals surface area (Å²) in [5.74, 6) is 1.78. The zero-order chi connectivity index (χ0) is 6.85. The van der Waals surface area contributed by atoms with Crippen LogP contribution in [-0.2, 0) is 0 Å². The summed E-state index contributed by atoms with van der Waals surface area (Å²) in [7, 11) is 0. The molecule has 0 unspecified atom stereocenters. The van der Waals surface area contributed by atoms with E-state index in [9.17, 15) is 0 Å². The fourth-order valence-corrected chi connectivity index (χ4v) is 1.48. The maximum atomic E-state index is 3.46. The summed E-state index contributed by atoms with van der Waals surface area (Å²) >= 11 is 0. The normalized spacial score (nSPS) is 45.0. The van der Waals surface area contributed by atoms with Crippen molar-refractivity contribution in [2.45, 2.75) is 33.2 Å². The molecule has 3 atom stereocenters. The molecule has 1 N–H and O–H groups in total. The van der Waals surface area contributed by atoms with Gasteiger partial charge in [-0.25, -0.2) is 0 Å². The van der Waals surface area contributed by atoms with Crippen LogP contribution in [0.4, 0.5) is 0 Å². The van der Waals surface area contributed by atoms with Gasteiger partial charge in [-0.3, -0.25) is 0 Å². The summed E-state index contributed by atoms with van der Waals surface area (Å²) in [4.78, 5) is 0. The van der Waals surface area contributed by atoms with Crippen molar-refractivity contribution in [2.75, 3.05) is 6.54 Å². The molecule has 0 aromatic rings. The van der Waals surface area contributed by atoms with E-state index < -0.39 is 0 Å². The monoisotopic (exact) mass is 127 g/mol. The molecule has 1 fully saturated rings. The Morgan fingerprint density at radius 2 is 1.89 bits per heavy atom. The van der Waals surface area contributed by atoms with Crippen LogP contribution < -0.4 is 5.32 Å². The molecular formula is C8H17N. The highest BCUT2D eigenvalue weighted by atomic mass is 14.9. The van der Waals surface area contributed by atoms with Crippen LogP contribution in [0.2, 0.25) is 0 Å². The molecule has 0 radical (unpaired) electrons. The van der Waals surface area contributed by atoms with Gasteiger partial charge in [-0.05, 0) is 31.7 Å². The molecule has 1 rings (SSSR count). The highest BCUT2D eigenvalue weighted by Crippen LogP contribution is 2.21. The summed E-state index contributed by atoms with van der Waals surface area (Å²) in [6, 6.07) is 0.730. The van der Waals surface area contributed by atoms with Crippen LogP contribution in [0.15, 0.2) is 0 Å². The Morgan fingerprint density at radius 1 is 1.22 bits per heavy atom. The Kier molecular flexibility index (Phi) is 2.12. The van der Waals surface area contributed by atoms with E-state index in [-0.39, 0.29) is 0 Å². The Balaban J connectivity index is 2.41. The first-order valence-electron chi connectivity index (χ1n) is 3.95. The third-order valence-corrected chi connectivity index (χ3v) is 2.75. The lowest BCUT2D eigenvalue weighted by molar-refractivity contribution is 0.233. The van der Waals surface area contributed by atoms with E-state index in [2.05, 4.69) is 26.1 Å². The van der Waals surface area contributed by atoms with Gasteiger partial charge in [-0.1, -0.05) is 13.8 Å². The van der Waals surface area contributed by atoms with Gasteiger partial charge in [-0.15, -0.1) is 0 Å². The molecular weight excluding hydrogens is 110 g/mol. The maximum Gasteiger partial charge on any atom is 0.00669 e. The van der Waals surface area contributed by atoms with E-state index in [1.165, 1.54) is 13.0 Å². The summed E-state index contributed by atoms with van der Waals surface area (Å²) in [6.45, 7) is 8.18. The molecule has 1 aliphatic heterocycles. The van der Waals surface area contributed by atoms with Crippen LogP contribution in [0.5, 0.6) is 0 Å². The van der Waals surface area contributed by atoms with Crippen LogP contribution in [0.25, 0.3) is 0 Å². The first kappa shape index (κ1) is 7.07. The van der Waals surface area contributed by atoms with Gasteiger partial charge in [0.15, 0.2) is 0 Å². The van der Waals surface area contributed by atoms with Gasteiger partial charge >= 0.3 is 0 Å². The fraction of sp³-hybridized carbons (Fsp3) is 1.00. The topological polar surface area (TPSA) is 12.0 Å². The van der Waals surface area contributed by atoms with Crippen LogP contribution in [0, 0.1) is 11.8 Å². The van der Waals surface area contributed by atoms with Crippen LogP contribution in [-0.4, -0.2) is 12.6 Å². The summed E-state index contributed by atoms with van der Waals surface area (Å²) in [6.07, 6.45) is 1.35. The van der Waals surface area contributed by atoms with E-state index >= 15 is 0 Å². The Hall–Kier alpha value is -0.0400. The van der Waals surface area contributed by atoms with Crippen molar-refractivity contribution >= 4 is 0 Å². The molecule has 0 amide bonds. The minimum absolute atomic E-state index is 0.730. The molecule has 0 aromatic heterocycles. The second kappa shape index (κ2) is 2.70. The highest BCUT2D eigenvalue weighted by molar-refractivity contribution is 4.78. The molecule has 54 valence electrons. The van der Waals surface area contributed by atoms with Crippen LogP contribution in [0.3, 0.4) is 0 Å². The third kappa shape index (κ3) is 1.45. The average Bonchev–Trinajstić information content (AvgIpc) is 1.83. The van der Waals surface area contributed by atoms with Crippen molar-refractivity contribution in [3.63, 3.8) is 0 Å². The van der Waals surface area contributed by atoms with Crippen molar-refractivity contribution in [3.8, 4) is 0 Å². The van der Waals surface area contributed by atoms with Gasteiger partial charge in [0, 0.05) is 6.04 Å². The molecule has 1 heterocycles. The lowest BCUT2D eigenvalue weighted by Gasteiger charge is -2.32. The van der Waals surface area contributed by atoms with Gasteiger partial charge in [0.25, 0.3) is 0 Å². The predicted molar refractivity (Wildman–Crippen MR) is 40.4 cm³/mol. The second-order valence-corrected chi connectivity index (χ2v) is 3.37. The van der Waals surface area contributed by atoms with E-state index in [4.69, 9.17) is 0 Å². The Bertz CT molecular complexity index is 80.6. The third-order valence-electron chi connectivity index (χ3n) is 2.75. The first-order chi connectivity index (χ1) is 4.22. The van der Waals surface area contributed by atoms with Gasteiger partial charge in [0.05, 0.1) is 0 Å². The number of nitrogens with one attached hydrogen (secondary N) is 1. The van der Waals surface area contributed by atoms with Crippen molar-refractivity contribution < 1.29 is 0 Å². The van der Waals surface area contributed by atoms with E-state index in [1.54, 1.807) is 0 Å². The summed E-state index contributed by atoms with van der Waals surface area (Å²) < 4.78 is 0. The van der Waals surface area contributed by atoms with E-state index in [1.807, 2.05) is 0 Å². The number of hydrogen-bond acceptors (Lipinski definition) is 1. The molecule has 1 nitrogen and oxygen atoms in total. The minimum Gasteiger partial charge on any atom is -0.314 e. The van der Waals surface area contributed by atoms with Gasteiger partial charge in [-0.2, -0.15) is 0 Å². The van der Waals surface area contributed by atoms with Crippen LogP contribution >= 0.6 is 0 Å². The smallest absolute Gasteiger partial charge is 0.00669 e. The molecule has 0 aliphatic carbocycles. The van der Waals surface area contributed by atoms with Gasteiger partial charge < -0.3 is 5.32 Å². The number of rotatable bonds is 0. The molecule has 0 aromatic carbocycles. The molecule has 0 bridgehead atoms. The molecule has 1 aliphatic rings. The van der Waals surface area contributed by atoms with E-state index in [0.29, 0.717) is 0 Å². The number of piperidine rings is 1. The van der Waals surface area contributed by atoms with Crippen molar-refractivity contribution in [2.24, 2.45) is 11.8 Å². The van der Waals surface area contributed by atoms with Crippen LogP contribution in [0.1, 0.15) is 27.2 Å². The van der Waals surface area contributed by atoms with Gasteiger partial charge in [0.2, 0.25) is 0 Å². The SMILES string of the molecule is C[C@H]1[C@H](C)CCN[C@@H]1C. The lowest BCUT2D eigenvalue weighted by atomic mass is 9.84. The number of hydrogen-bond donors (Lipinski definition) is 1. The van der Waals surface area contributed by atoms with Gasteiger partial charge in [0.1, 0.15) is 0 Å². The Labute approximate surface area is 57.8 Å². The van der Waals surface area contributed by atoms with Crippen molar-refractivity contribution in [3.05, 3.63) is 0 Å². The van der Waals surface area contributed by atoms with Crippen molar-refractivity contribution in [1.29, 1.82) is 0 Å². The molecule has 1 heteroatoms. The first-order valence-corrected chi connectivity index (χ1v) is 3.95. The minimum atomic E-state index is 0.730. The average molecular weight is 127 g/mol. The Morgan fingerprint density at radius 3 is 2.33 bits per heavy atom. The zero-order valence-electron chi connectivity index (χ0n) is 6.65. The highest BCUT2D eigenvalue weighted by Gasteiger charge is 2.22. The summed E-state index contributed by atoms with van der Waals surface area (Å²) in [5, 5.41) is 3.46. The second-order valence-electron chi connectivity index (χ2n) is 3.37. The summed E-state index contributed by atoms with van der Waals surface area (Å²) in [5.41, 5.74) is 0. The van der Waals surface area contributed by atoms with Crippen molar-refractivity contribution in [1.82, 2.24) is 5.32 Å². The fourth-order valence-electron chi connectivity index (χ4n) is 1.48. The van der Waals surface area contributed by atoms with E-state index in [0.717, 1.165) is 17.9 Å².